The molecule has 5 heteroatoms. The number of hydrogen-bond donors (Lipinski definition) is 2. The molecule has 0 saturated heterocycles. The van der Waals surface area contributed by atoms with E-state index in [0.29, 0.717) is 12.5 Å². The van der Waals surface area contributed by atoms with E-state index in [1.165, 1.54) is 16.0 Å². The summed E-state index contributed by atoms with van der Waals surface area (Å²) in [5, 5.41) is 5.24. The van der Waals surface area contributed by atoms with E-state index in [-0.39, 0.29) is 0 Å². The zero-order valence-electron chi connectivity index (χ0n) is 14.3. The fraction of sp³-hybridized carbons (Fsp3) is 0.150. The first kappa shape index (κ1) is 17.0. The number of methoxy groups -OCH3 is 1. The van der Waals surface area contributed by atoms with Gasteiger partial charge in [0, 0.05) is 10.6 Å². The molecule has 2 aromatic carbocycles. The molecular formula is C20H21N3OS. The van der Waals surface area contributed by atoms with Crippen LogP contribution in [0, 0.1) is 6.92 Å². The maximum absolute atomic E-state index is 5.97. The lowest BCUT2D eigenvalue weighted by atomic mass is 10.1. The van der Waals surface area contributed by atoms with Gasteiger partial charge < -0.3 is 15.8 Å². The van der Waals surface area contributed by atoms with Gasteiger partial charge in [0.15, 0.2) is 5.96 Å². The van der Waals surface area contributed by atoms with Gasteiger partial charge in [-0.15, -0.1) is 11.3 Å². The van der Waals surface area contributed by atoms with Crippen molar-refractivity contribution >= 4 is 23.0 Å². The number of benzene rings is 2. The minimum Gasteiger partial charge on any atom is -0.497 e. The summed E-state index contributed by atoms with van der Waals surface area (Å²) in [5.74, 6) is 1.28. The van der Waals surface area contributed by atoms with Gasteiger partial charge in [0.2, 0.25) is 0 Å². The molecule has 25 heavy (non-hydrogen) atoms. The molecule has 0 amide bonds. The molecule has 0 bridgehead atoms. The van der Waals surface area contributed by atoms with Crippen LogP contribution < -0.4 is 15.8 Å². The summed E-state index contributed by atoms with van der Waals surface area (Å²) in [7, 11) is 1.67. The lowest BCUT2D eigenvalue weighted by Crippen LogP contribution is -2.22. The minimum atomic E-state index is 0.420. The third-order valence-corrected chi connectivity index (χ3v) is 4.73. The van der Waals surface area contributed by atoms with Crippen molar-refractivity contribution in [3.63, 3.8) is 0 Å². The number of ether oxygens (including phenoxy) is 1. The van der Waals surface area contributed by atoms with Crippen molar-refractivity contribution in [2.75, 3.05) is 12.4 Å². The third kappa shape index (κ3) is 4.61. The van der Waals surface area contributed by atoms with E-state index in [9.17, 15) is 0 Å². The van der Waals surface area contributed by atoms with Crippen molar-refractivity contribution in [1.82, 2.24) is 0 Å². The second-order valence-corrected chi connectivity index (χ2v) is 6.72. The fourth-order valence-electron chi connectivity index (χ4n) is 2.39. The Kier molecular flexibility index (Phi) is 5.36. The Hall–Kier alpha value is -2.79. The fourth-order valence-corrected chi connectivity index (χ4v) is 3.20. The van der Waals surface area contributed by atoms with Crippen LogP contribution in [0.25, 0.3) is 11.1 Å². The monoisotopic (exact) mass is 351 g/mol. The predicted molar refractivity (Wildman–Crippen MR) is 106 cm³/mol. The minimum absolute atomic E-state index is 0.420. The molecule has 128 valence electrons. The van der Waals surface area contributed by atoms with Crippen LogP contribution in [0.4, 0.5) is 5.69 Å². The molecule has 0 saturated carbocycles. The summed E-state index contributed by atoms with van der Waals surface area (Å²) in [6.45, 7) is 2.62. The molecular weight excluding hydrogens is 330 g/mol. The summed E-state index contributed by atoms with van der Waals surface area (Å²) in [5.41, 5.74) is 10.5. The van der Waals surface area contributed by atoms with Crippen LogP contribution in [0.1, 0.15) is 10.4 Å². The van der Waals surface area contributed by atoms with Gasteiger partial charge in [-0.2, -0.15) is 0 Å². The van der Waals surface area contributed by atoms with E-state index in [0.717, 1.165) is 17.0 Å². The van der Waals surface area contributed by atoms with Crippen molar-refractivity contribution in [3.05, 3.63) is 70.4 Å². The zero-order chi connectivity index (χ0) is 17.6. The number of rotatable bonds is 5. The number of anilines is 1. The molecule has 3 aromatic rings. The third-order valence-electron chi connectivity index (χ3n) is 3.81. The van der Waals surface area contributed by atoms with Gasteiger partial charge in [-0.1, -0.05) is 29.8 Å². The van der Waals surface area contributed by atoms with Crippen LogP contribution >= 0.6 is 11.3 Å². The van der Waals surface area contributed by atoms with Gasteiger partial charge in [-0.25, -0.2) is 4.99 Å². The number of aryl methyl sites for hydroxylation is 1. The molecule has 0 radical (unpaired) electrons. The van der Waals surface area contributed by atoms with Gasteiger partial charge in [-0.05, 0) is 53.8 Å². The molecule has 0 aliphatic carbocycles. The Morgan fingerprint density at radius 1 is 1.08 bits per heavy atom. The smallest absolute Gasteiger partial charge is 0.193 e. The van der Waals surface area contributed by atoms with Crippen LogP contribution in [0.2, 0.25) is 0 Å². The SMILES string of the molecule is COc1ccc(-c2csc(CN=C(N)Nc3ccc(C)cc3)c2)cc1. The number of nitrogens with one attached hydrogen (secondary N) is 1. The van der Waals surface area contributed by atoms with Gasteiger partial charge in [0.1, 0.15) is 5.75 Å². The Bertz CT molecular complexity index is 851. The Labute approximate surface area is 152 Å². The molecule has 0 spiro atoms. The number of hydrogen-bond acceptors (Lipinski definition) is 3. The molecule has 0 fully saturated rings. The largest absolute Gasteiger partial charge is 0.497 e. The van der Waals surface area contributed by atoms with E-state index in [1.807, 2.05) is 36.4 Å². The van der Waals surface area contributed by atoms with Crippen LogP contribution in [0.15, 0.2) is 65.0 Å². The number of aliphatic imine (C=N–C) groups is 1. The highest BCUT2D eigenvalue weighted by Crippen LogP contribution is 2.27. The predicted octanol–water partition coefficient (Wildman–Crippen LogP) is 4.66. The van der Waals surface area contributed by atoms with Crippen LogP contribution in [0.5, 0.6) is 5.75 Å². The summed E-state index contributed by atoms with van der Waals surface area (Å²) in [6.07, 6.45) is 0. The Balaban J connectivity index is 1.63. The first-order valence-corrected chi connectivity index (χ1v) is 8.87. The Morgan fingerprint density at radius 2 is 1.80 bits per heavy atom. The van der Waals surface area contributed by atoms with E-state index < -0.39 is 0 Å². The first-order valence-electron chi connectivity index (χ1n) is 7.99. The quantitative estimate of drug-likeness (QED) is 0.519. The van der Waals surface area contributed by atoms with Crippen molar-refractivity contribution in [1.29, 1.82) is 0 Å². The lowest BCUT2D eigenvalue weighted by Gasteiger charge is -2.05. The normalized spacial score (nSPS) is 11.4. The second kappa shape index (κ2) is 7.85. The van der Waals surface area contributed by atoms with E-state index >= 15 is 0 Å². The standard InChI is InChI=1S/C20H21N3OS/c1-14-3-7-17(8-4-14)23-20(21)22-12-19-11-16(13-25-19)15-5-9-18(24-2)10-6-15/h3-11,13H,12H2,1-2H3,(H3,21,22,23). The summed E-state index contributed by atoms with van der Waals surface area (Å²) < 4.78 is 5.19. The van der Waals surface area contributed by atoms with Gasteiger partial charge in [0.05, 0.1) is 13.7 Å². The maximum Gasteiger partial charge on any atom is 0.193 e. The van der Waals surface area contributed by atoms with E-state index in [1.54, 1.807) is 18.4 Å². The average molecular weight is 351 g/mol. The highest BCUT2D eigenvalue weighted by molar-refractivity contribution is 7.10. The molecule has 0 unspecified atom stereocenters. The molecule has 4 nitrogen and oxygen atoms in total. The van der Waals surface area contributed by atoms with Crippen molar-refractivity contribution in [2.24, 2.45) is 10.7 Å². The second-order valence-electron chi connectivity index (χ2n) is 5.72. The van der Waals surface area contributed by atoms with E-state index in [4.69, 9.17) is 10.5 Å². The van der Waals surface area contributed by atoms with Crippen molar-refractivity contribution in [3.8, 4) is 16.9 Å². The van der Waals surface area contributed by atoms with Gasteiger partial charge in [-0.3, -0.25) is 0 Å². The molecule has 1 heterocycles. The number of guanidine groups is 1. The first-order chi connectivity index (χ1) is 12.1. The van der Waals surface area contributed by atoms with Crippen LogP contribution in [0.3, 0.4) is 0 Å². The van der Waals surface area contributed by atoms with Gasteiger partial charge in [0.25, 0.3) is 0 Å². The maximum atomic E-state index is 5.97. The molecule has 0 atom stereocenters. The summed E-state index contributed by atoms with van der Waals surface area (Å²) in [6, 6.07) is 18.3. The summed E-state index contributed by atoms with van der Waals surface area (Å²) in [4.78, 5) is 5.59. The molecule has 1 aromatic heterocycles. The molecule has 0 aliphatic rings. The van der Waals surface area contributed by atoms with Crippen molar-refractivity contribution in [2.45, 2.75) is 13.5 Å². The number of nitrogens with zero attached hydrogens (tertiary/aromatic N) is 1. The summed E-state index contributed by atoms with van der Waals surface area (Å²) >= 11 is 1.68. The lowest BCUT2D eigenvalue weighted by molar-refractivity contribution is 0.415. The Morgan fingerprint density at radius 3 is 2.48 bits per heavy atom. The molecule has 0 aliphatic heterocycles. The average Bonchev–Trinajstić information content (AvgIpc) is 3.11. The zero-order valence-corrected chi connectivity index (χ0v) is 15.1. The highest BCUT2D eigenvalue weighted by atomic mass is 32.1. The van der Waals surface area contributed by atoms with Crippen molar-refractivity contribution < 1.29 is 4.74 Å². The molecule has 3 N–H and O–H groups in total. The van der Waals surface area contributed by atoms with Gasteiger partial charge >= 0.3 is 0 Å². The number of thiophene rings is 1. The van der Waals surface area contributed by atoms with E-state index in [2.05, 4.69) is 40.8 Å². The topological polar surface area (TPSA) is 59.6 Å². The highest BCUT2D eigenvalue weighted by Gasteiger charge is 2.03. The van der Waals surface area contributed by atoms with Crippen LogP contribution in [-0.2, 0) is 6.54 Å². The van der Waals surface area contributed by atoms with Crippen LogP contribution in [-0.4, -0.2) is 13.1 Å². The molecule has 3 rings (SSSR count). The number of nitrogens with two attached hydrogens (primary N) is 1.